The molecular formula is C4H3BrFN3O2S. The number of nitrogens with zero attached hydrogens (tertiary/aromatic N) is 3. The summed E-state index contributed by atoms with van der Waals surface area (Å²) in [6, 6.07) is 0. The second-order valence-electron chi connectivity index (χ2n) is 1.65. The summed E-state index contributed by atoms with van der Waals surface area (Å²) in [5, 5.41) is 6.81. The molecule has 0 saturated carbocycles. The highest BCUT2D eigenvalue weighted by Crippen LogP contribution is 2.18. The van der Waals surface area contributed by atoms with E-state index in [0.29, 0.717) is 0 Å². The maximum Gasteiger partial charge on any atom is 0.377 e. The second kappa shape index (κ2) is 3.85. The van der Waals surface area contributed by atoms with Crippen molar-refractivity contribution >= 4 is 34.2 Å². The van der Waals surface area contributed by atoms with Gasteiger partial charge in [0.2, 0.25) is 4.73 Å². The fraction of sp³-hybridized carbons (Fsp3) is 0.250. The number of hydrogen-bond donors (Lipinski definition) is 0. The molecule has 0 aliphatic carbocycles. The van der Waals surface area contributed by atoms with Crippen molar-refractivity contribution in [1.29, 1.82) is 0 Å². The average molecular weight is 256 g/mol. The lowest BCUT2D eigenvalue weighted by molar-refractivity contribution is 0.0585. The second-order valence-corrected chi connectivity index (χ2v) is 2.86. The Morgan fingerprint density at radius 3 is 2.92 bits per heavy atom. The molecule has 0 aliphatic rings. The maximum atomic E-state index is 12.1. The molecule has 0 fully saturated rings. The van der Waals surface area contributed by atoms with Crippen LogP contribution < -0.4 is 0 Å². The van der Waals surface area contributed by atoms with E-state index in [1.807, 2.05) is 0 Å². The van der Waals surface area contributed by atoms with Crippen LogP contribution in [0, 0.1) is 0 Å². The highest BCUT2D eigenvalue weighted by atomic mass is 79.9. The Hall–Kier alpha value is -0.630. The van der Waals surface area contributed by atoms with E-state index < -0.39 is 5.97 Å². The largest absolute Gasteiger partial charge is 0.463 e. The molecule has 1 rings (SSSR count). The van der Waals surface area contributed by atoms with E-state index in [1.165, 1.54) is 7.11 Å². The van der Waals surface area contributed by atoms with E-state index >= 15 is 0 Å². The van der Waals surface area contributed by atoms with Gasteiger partial charge in [-0.2, -0.15) is 0 Å². The molecule has 0 unspecified atom stereocenters. The molecule has 8 heteroatoms. The summed E-state index contributed by atoms with van der Waals surface area (Å²) < 4.78 is 17.5. The van der Waals surface area contributed by atoms with Crippen molar-refractivity contribution in [1.82, 2.24) is 14.2 Å². The van der Waals surface area contributed by atoms with Gasteiger partial charge in [0.1, 0.15) is 0 Å². The van der Waals surface area contributed by atoms with E-state index in [9.17, 15) is 8.68 Å². The molecule has 12 heavy (non-hydrogen) atoms. The van der Waals surface area contributed by atoms with E-state index in [1.54, 1.807) is 0 Å². The molecule has 0 aliphatic heterocycles. The summed E-state index contributed by atoms with van der Waals surface area (Å²) in [5.41, 5.74) is 0. The third-order valence-corrected chi connectivity index (χ3v) is 2.26. The van der Waals surface area contributed by atoms with Crippen molar-refractivity contribution in [2.24, 2.45) is 0 Å². The van der Waals surface area contributed by atoms with Gasteiger partial charge in [-0.25, -0.2) is 8.77 Å². The van der Waals surface area contributed by atoms with Crippen LogP contribution in [-0.4, -0.2) is 27.2 Å². The third kappa shape index (κ3) is 1.58. The van der Waals surface area contributed by atoms with Crippen LogP contribution in [0.15, 0.2) is 4.73 Å². The highest BCUT2D eigenvalue weighted by molar-refractivity contribution is 9.10. The smallest absolute Gasteiger partial charge is 0.377 e. The zero-order chi connectivity index (χ0) is 9.14. The molecule has 5 nitrogen and oxygen atoms in total. The van der Waals surface area contributed by atoms with Crippen molar-refractivity contribution in [3.05, 3.63) is 10.6 Å². The van der Waals surface area contributed by atoms with Gasteiger partial charge in [-0.3, -0.25) is 0 Å². The van der Waals surface area contributed by atoms with E-state index in [0.717, 1.165) is 3.97 Å². The number of hydrogen-bond acceptors (Lipinski definition) is 5. The molecule has 66 valence electrons. The number of rotatable bonds is 2. The zero-order valence-corrected chi connectivity index (χ0v) is 8.22. The molecule has 1 aromatic rings. The van der Waals surface area contributed by atoms with Gasteiger partial charge in [0.15, 0.2) is 12.3 Å². The lowest BCUT2D eigenvalue weighted by atomic mass is 10.6. The summed E-state index contributed by atoms with van der Waals surface area (Å²) >= 11 is 2.71. The van der Waals surface area contributed by atoms with Crippen LogP contribution in [0.3, 0.4) is 0 Å². The summed E-state index contributed by atoms with van der Waals surface area (Å²) in [6.45, 7) is 0. The molecule has 0 aromatic carbocycles. The van der Waals surface area contributed by atoms with Crippen LogP contribution in [0.25, 0.3) is 0 Å². The van der Waals surface area contributed by atoms with Crippen LogP contribution >= 0.6 is 28.3 Å². The number of carbonyl (C=O) groups is 1. The number of methoxy groups -OCH3 is 1. The van der Waals surface area contributed by atoms with E-state index in [-0.39, 0.29) is 22.9 Å². The van der Waals surface area contributed by atoms with Gasteiger partial charge in [-0.15, -0.1) is 14.1 Å². The minimum absolute atomic E-state index is 0.121. The van der Waals surface area contributed by atoms with Crippen LogP contribution in [0.5, 0.6) is 0 Å². The summed E-state index contributed by atoms with van der Waals surface area (Å²) in [5.74, 6) is -0.935. The molecule has 0 radical (unpaired) electrons. The van der Waals surface area contributed by atoms with Crippen molar-refractivity contribution in [3.63, 3.8) is 0 Å². The Bertz CT molecular complexity index is 304. The van der Waals surface area contributed by atoms with Crippen LogP contribution in [-0.2, 0) is 4.74 Å². The fourth-order valence-corrected chi connectivity index (χ4v) is 1.21. The molecule has 0 atom stereocenters. The Morgan fingerprint density at radius 2 is 2.42 bits per heavy atom. The lowest BCUT2D eigenvalue weighted by Gasteiger charge is -1.96. The standard InChI is InChI=1S/C4H3BrFN3O2S/c1-11-3(10)2-7-8-4(5)9(2)12-6/h1H3. The van der Waals surface area contributed by atoms with Gasteiger partial charge in [-0.05, 0) is 15.9 Å². The van der Waals surface area contributed by atoms with E-state index in [4.69, 9.17) is 0 Å². The molecule has 1 aromatic heterocycles. The van der Waals surface area contributed by atoms with Crippen molar-refractivity contribution in [3.8, 4) is 0 Å². The Balaban J connectivity index is 3.07. The quantitative estimate of drug-likeness (QED) is 0.744. The number of halogens is 2. The molecule has 0 saturated heterocycles. The Kier molecular flexibility index (Phi) is 3.04. The number of esters is 1. The van der Waals surface area contributed by atoms with Gasteiger partial charge in [0.25, 0.3) is 5.82 Å². The highest BCUT2D eigenvalue weighted by Gasteiger charge is 2.18. The van der Waals surface area contributed by atoms with Crippen molar-refractivity contribution < 1.29 is 13.4 Å². The first-order valence-corrected chi connectivity index (χ1v) is 4.15. The van der Waals surface area contributed by atoms with Crippen molar-refractivity contribution in [2.45, 2.75) is 0 Å². The number of aromatic nitrogens is 3. The fourth-order valence-electron chi connectivity index (χ4n) is 0.533. The Morgan fingerprint density at radius 1 is 1.75 bits per heavy atom. The van der Waals surface area contributed by atoms with Crippen LogP contribution in [0.1, 0.15) is 10.6 Å². The average Bonchev–Trinajstić information content (AvgIpc) is 2.45. The molecule has 0 spiro atoms. The summed E-state index contributed by atoms with van der Waals surface area (Å²) in [4.78, 5) is 10.9. The van der Waals surface area contributed by atoms with Crippen LogP contribution in [0.2, 0.25) is 0 Å². The minimum atomic E-state index is -0.738. The van der Waals surface area contributed by atoms with Gasteiger partial charge in [-0.1, -0.05) is 0 Å². The summed E-state index contributed by atoms with van der Waals surface area (Å²) in [6.07, 6.45) is 0. The van der Waals surface area contributed by atoms with E-state index in [2.05, 4.69) is 30.9 Å². The lowest BCUT2D eigenvalue weighted by Crippen LogP contribution is -2.07. The molecule has 0 amide bonds. The molecule has 0 N–H and O–H groups in total. The van der Waals surface area contributed by atoms with Gasteiger partial charge >= 0.3 is 5.97 Å². The predicted molar refractivity (Wildman–Crippen MR) is 43.2 cm³/mol. The monoisotopic (exact) mass is 255 g/mol. The Labute approximate surface area is 79.9 Å². The van der Waals surface area contributed by atoms with Gasteiger partial charge < -0.3 is 4.74 Å². The first-order valence-electron chi connectivity index (χ1n) is 2.69. The van der Waals surface area contributed by atoms with Gasteiger partial charge in [0.05, 0.1) is 7.11 Å². The molecule has 0 bridgehead atoms. The molecular weight excluding hydrogens is 253 g/mol. The first-order chi connectivity index (χ1) is 5.70. The zero-order valence-electron chi connectivity index (χ0n) is 5.82. The number of ether oxygens (including phenoxy) is 1. The SMILES string of the molecule is COC(=O)c1nnc(Br)n1SF. The first kappa shape index (κ1) is 9.46. The maximum absolute atomic E-state index is 12.1. The normalized spacial score (nSPS) is 9.92. The third-order valence-electron chi connectivity index (χ3n) is 1.02. The number of carbonyl (C=O) groups excluding carboxylic acids is 1. The minimum Gasteiger partial charge on any atom is -0.463 e. The van der Waals surface area contributed by atoms with Crippen LogP contribution in [0.4, 0.5) is 3.89 Å². The topological polar surface area (TPSA) is 57.0 Å². The van der Waals surface area contributed by atoms with Crippen molar-refractivity contribution in [2.75, 3.05) is 7.11 Å². The summed E-state index contributed by atoms with van der Waals surface area (Å²) in [7, 11) is 1.18. The predicted octanol–water partition coefficient (Wildman–Crippen LogP) is 1.21. The molecule has 1 heterocycles. The van der Waals surface area contributed by atoms with Gasteiger partial charge in [0, 0.05) is 0 Å².